The monoisotopic (exact) mass is 366 g/mol. The fourth-order valence-electron chi connectivity index (χ4n) is 2.89. The number of hydrogen-bond donors (Lipinski definition) is 2. The number of aryl methyl sites for hydroxylation is 1. The molecule has 0 unspecified atom stereocenters. The largest absolute Gasteiger partial charge is 0.481 e. The molecule has 0 aliphatic heterocycles. The van der Waals surface area contributed by atoms with Crippen LogP contribution >= 0.6 is 0 Å². The molecule has 0 heterocycles. The topological polar surface area (TPSA) is 86.7 Å². The number of anilines is 2. The number of carbonyl (C=O) groups excluding carboxylic acids is 2. The van der Waals surface area contributed by atoms with Gasteiger partial charge in [-0.2, -0.15) is 0 Å². The third kappa shape index (κ3) is 4.73. The minimum Gasteiger partial charge on any atom is -0.481 e. The van der Waals surface area contributed by atoms with Crippen LogP contribution in [0.2, 0.25) is 0 Å². The predicted molar refractivity (Wildman–Crippen MR) is 103 cm³/mol. The second-order valence-electron chi connectivity index (χ2n) is 6.73. The lowest BCUT2D eigenvalue weighted by Gasteiger charge is -2.20. The number of carboxylic acids is 1. The fraction of sp³-hybridized carbons (Fsp3) is 0.286. The number of amides is 2. The second kappa shape index (κ2) is 8.03. The smallest absolute Gasteiger partial charge is 0.303 e. The minimum absolute atomic E-state index is 0.0398. The normalized spacial score (nSPS) is 13.1. The Morgan fingerprint density at radius 2 is 1.74 bits per heavy atom. The van der Waals surface area contributed by atoms with Gasteiger partial charge in [-0.25, -0.2) is 0 Å². The van der Waals surface area contributed by atoms with Gasteiger partial charge >= 0.3 is 5.97 Å². The second-order valence-corrected chi connectivity index (χ2v) is 6.73. The zero-order valence-corrected chi connectivity index (χ0v) is 15.1. The van der Waals surface area contributed by atoms with Crippen molar-refractivity contribution in [3.63, 3.8) is 0 Å². The lowest BCUT2D eigenvalue weighted by molar-refractivity contribution is -0.137. The third-order valence-corrected chi connectivity index (χ3v) is 4.61. The Bertz CT molecular complexity index is 857. The number of benzene rings is 2. The first-order chi connectivity index (χ1) is 13.0. The quantitative estimate of drug-likeness (QED) is 0.787. The summed E-state index contributed by atoms with van der Waals surface area (Å²) in [5.74, 6) is -1.02. The minimum atomic E-state index is -0.839. The molecule has 0 radical (unpaired) electrons. The Balaban J connectivity index is 1.71. The molecule has 1 saturated carbocycles. The van der Waals surface area contributed by atoms with Crippen molar-refractivity contribution in [3.05, 3.63) is 59.7 Å². The lowest BCUT2D eigenvalue weighted by Crippen LogP contribution is -2.29. The van der Waals surface area contributed by atoms with Crippen molar-refractivity contribution in [2.24, 2.45) is 5.92 Å². The van der Waals surface area contributed by atoms with Gasteiger partial charge in [-0.15, -0.1) is 0 Å². The average Bonchev–Trinajstić information content (AvgIpc) is 3.51. The molecule has 27 heavy (non-hydrogen) atoms. The maximum Gasteiger partial charge on any atom is 0.303 e. The molecule has 2 N–H and O–H groups in total. The zero-order chi connectivity index (χ0) is 19.4. The molecule has 2 aromatic carbocycles. The molecule has 0 spiro atoms. The van der Waals surface area contributed by atoms with E-state index in [1.807, 2.05) is 0 Å². The van der Waals surface area contributed by atoms with Crippen molar-refractivity contribution in [2.45, 2.75) is 25.7 Å². The van der Waals surface area contributed by atoms with Crippen molar-refractivity contribution >= 4 is 29.2 Å². The summed E-state index contributed by atoms with van der Waals surface area (Å²) < 4.78 is 0. The molecule has 140 valence electrons. The molecule has 0 atom stereocenters. The van der Waals surface area contributed by atoms with Gasteiger partial charge in [0, 0.05) is 25.1 Å². The number of rotatable bonds is 7. The highest BCUT2D eigenvalue weighted by Gasteiger charge is 2.33. The molecular formula is C21H22N2O4. The molecule has 1 aliphatic carbocycles. The van der Waals surface area contributed by atoms with Gasteiger partial charge in [0.05, 0.1) is 11.3 Å². The van der Waals surface area contributed by atoms with E-state index in [9.17, 15) is 14.4 Å². The summed E-state index contributed by atoms with van der Waals surface area (Å²) in [5, 5.41) is 11.6. The Kier molecular flexibility index (Phi) is 5.54. The van der Waals surface area contributed by atoms with E-state index in [1.165, 1.54) is 0 Å². The van der Waals surface area contributed by atoms with Crippen molar-refractivity contribution in [3.8, 4) is 0 Å². The Hall–Kier alpha value is -3.15. The third-order valence-electron chi connectivity index (χ3n) is 4.61. The van der Waals surface area contributed by atoms with Crippen LogP contribution in [0.3, 0.4) is 0 Å². The summed E-state index contributed by atoms with van der Waals surface area (Å²) in [6, 6.07) is 14.1. The molecule has 6 heteroatoms. The first-order valence-corrected chi connectivity index (χ1v) is 8.94. The van der Waals surface area contributed by atoms with Crippen molar-refractivity contribution in [1.29, 1.82) is 0 Å². The van der Waals surface area contributed by atoms with Crippen molar-refractivity contribution in [2.75, 3.05) is 17.3 Å². The van der Waals surface area contributed by atoms with Crippen molar-refractivity contribution < 1.29 is 19.5 Å². The molecule has 2 amide bonds. The lowest BCUT2D eigenvalue weighted by atomic mass is 10.1. The molecule has 0 aromatic heterocycles. The van der Waals surface area contributed by atoms with Crippen LogP contribution in [-0.4, -0.2) is 29.9 Å². The Morgan fingerprint density at radius 3 is 2.37 bits per heavy atom. The molecule has 0 saturated heterocycles. The van der Waals surface area contributed by atoms with Crippen molar-refractivity contribution in [1.82, 2.24) is 0 Å². The van der Waals surface area contributed by atoms with Crippen LogP contribution in [0.4, 0.5) is 11.4 Å². The van der Waals surface area contributed by atoms with E-state index in [2.05, 4.69) is 5.32 Å². The summed E-state index contributed by atoms with van der Waals surface area (Å²) in [6.45, 7) is 0. The van der Waals surface area contributed by atoms with Gasteiger partial charge in [0.1, 0.15) is 0 Å². The van der Waals surface area contributed by atoms with Gasteiger partial charge in [-0.05, 0) is 49.1 Å². The number of carboxylic acid groups (broad SMARTS) is 1. The van der Waals surface area contributed by atoms with Crippen LogP contribution in [0.25, 0.3) is 0 Å². The highest BCUT2D eigenvalue weighted by atomic mass is 16.4. The van der Waals surface area contributed by atoms with Gasteiger partial charge in [0.25, 0.3) is 5.91 Å². The SMILES string of the molecule is CN(C(=O)C1CC1)c1ccccc1C(=O)Nc1ccc(CCC(=O)O)cc1. The standard InChI is InChI=1S/C21H22N2O4/c1-23(21(27)15-9-10-15)18-5-3-2-4-17(18)20(26)22-16-11-6-14(7-12-16)8-13-19(24)25/h2-7,11-12,15H,8-10,13H2,1H3,(H,22,26)(H,24,25). The summed E-state index contributed by atoms with van der Waals surface area (Å²) in [7, 11) is 1.70. The van der Waals surface area contributed by atoms with Gasteiger partial charge in [0.15, 0.2) is 0 Å². The van der Waals surface area contributed by atoms with Gasteiger partial charge in [-0.1, -0.05) is 24.3 Å². The highest BCUT2D eigenvalue weighted by Crippen LogP contribution is 2.33. The first kappa shape index (κ1) is 18.6. The van der Waals surface area contributed by atoms with Crippen LogP contribution < -0.4 is 10.2 Å². The molecular weight excluding hydrogens is 344 g/mol. The average molecular weight is 366 g/mol. The molecule has 6 nitrogen and oxygen atoms in total. The van der Waals surface area contributed by atoms with E-state index in [0.29, 0.717) is 23.4 Å². The number of aliphatic carboxylic acids is 1. The zero-order valence-electron chi connectivity index (χ0n) is 15.1. The number of nitrogens with zero attached hydrogens (tertiary/aromatic N) is 1. The van der Waals surface area contributed by atoms with E-state index in [-0.39, 0.29) is 24.2 Å². The van der Waals surface area contributed by atoms with Crippen LogP contribution in [0.5, 0.6) is 0 Å². The first-order valence-electron chi connectivity index (χ1n) is 8.94. The highest BCUT2D eigenvalue weighted by molar-refractivity contribution is 6.10. The van der Waals surface area contributed by atoms with E-state index in [0.717, 1.165) is 18.4 Å². The predicted octanol–water partition coefficient (Wildman–Crippen LogP) is 3.33. The Morgan fingerprint density at radius 1 is 1.07 bits per heavy atom. The van der Waals surface area contributed by atoms with E-state index < -0.39 is 5.97 Å². The Labute approximate surface area is 157 Å². The number of para-hydroxylation sites is 1. The summed E-state index contributed by atoms with van der Waals surface area (Å²) in [6.07, 6.45) is 2.33. The van der Waals surface area contributed by atoms with Crippen LogP contribution in [0.15, 0.2) is 48.5 Å². The maximum absolute atomic E-state index is 12.7. The molecule has 1 aliphatic rings. The van der Waals surface area contributed by atoms with E-state index in [1.54, 1.807) is 60.5 Å². The van der Waals surface area contributed by atoms with E-state index in [4.69, 9.17) is 5.11 Å². The molecule has 0 bridgehead atoms. The fourth-order valence-corrected chi connectivity index (χ4v) is 2.89. The number of carbonyl (C=O) groups is 3. The molecule has 1 fully saturated rings. The molecule has 2 aromatic rings. The summed E-state index contributed by atoms with van der Waals surface area (Å²) in [4.78, 5) is 37.3. The number of nitrogens with one attached hydrogen (secondary N) is 1. The van der Waals surface area contributed by atoms with Crippen LogP contribution in [-0.2, 0) is 16.0 Å². The summed E-state index contributed by atoms with van der Waals surface area (Å²) in [5.41, 5.74) is 2.53. The maximum atomic E-state index is 12.7. The van der Waals surface area contributed by atoms with Crippen LogP contribution in [0.1, 0.15) is 35.2 Å². The summed E-state index contributed by atoms with van der Waals surface area (Å²) >= 11 is 0. The van der Waals surface area contributed by atoms with Crippen LogP contribution in [0, 0.1) is 5.92 Å². The van der Waals surface area contributed by atoms with E-state index >= 15 is 0 Å². The number of hydrogen-bond acceptors (Lipinski definition) is 3. The van der Waals surface area contributed by atoms with Gasteiger partial charge in [0.2, 0.25) is 5.91 Å². The van der Waals surface area contributed by atoms with Gasteiger partial charge < -0.3 is 15.3 Å². The van der Waals surface area contributed by atoms with Gasteiger partial charge in [-0.3, -0.25) is 14.4 Å². The molecule has 3 rings (SSSR count).